The summed E-state index contributed by atoms with van der Waals surface area (Å²) < 4.78 is 0. The maximum absolute atomic E-state index is 12.0. The number of rotatable bonds is 6. The van der Waals surface area contributed by atoms with E-state index in [0.29, 0.717) is 22.8 Å². The third-order valence-electron chi connectivity index (χ3n) is 3.56. The van der Waals surface area contributed by atoms with Crippen molar-refractivity contribution in [1.82, 2.24) is 4.90 Å². The van der Waals surface area contributed by atoms with Gasteiger partial charge in [-0.3, -0.25) is 24.1 Å². The highest BCUT2D eigenvalue weighted by Crippen LogP contribution is 2.26. The van der Waals surface area contributed by atoms with Gasteiger partial charge >= 0.3 is 0 Å². The molecule has 0 radical (unpaired) electrons. The quantitative estimate of drug-likeness (QED) is 0.768. The van der Waals surface area contributed by atoms with Crippen LogP contribution in [0.1, 0.15) is 32.6 Å². The predicted molar refractivity (Wildman–Crippen MR) is 89.6 cm³/mol. The van der Waals surface area contributed by atoms with Gasteiger partial charge in [-0.25, -0.2) is 0 Å². The van der Waals surface area contributed by atoms with E-state index < -0.39 is 0 Å². The van der Waals surface area contributed by atoms with Crippen molar-refractivity contribution in [3.05, 3.63) is 23.2 Å². The number of amides is 4. The molecule has 1 aliphatic rings. The number of anilines is 2. The van der Waals surface area contributed by atoms with E-state index in [0.717, 1.165) is 4.90 Å². The molecule has 0 aliphatic carbocycles. The van der Waals surface area contributed by atoms with E-state index in [4.69, 9.17) is 11.6 Å². The van der Waals surface area contributed by atoms with Crippen LogP contribution in [0, 0.1) is 0 Å². The molecule has 8 heteroatoms. The molecule has 0 atom stereocenters. The van der Waals surface area contributed by atoms with Gasteiger partial charge in [0.05, 0.1) is 10.7 Å². The van der Waals surface area contributed by atoms with E-state index in [2.05, 4.69) is 10.6 Å². The Morgan fingerprint density at radius 2 is 1.79 bits per heavy atom. The van der Waals surface area contributed by atoms with Crippen molar-refractivity contribution in [3.63, 3.8) is 0 Å². The topological polar surface area (TPSA) is 95.6 Å². The van der Waals surface area contributed by atoms with E-state index in [1.54, 1.807) is 25.1 Å². The summed E-state index contributed by atoms with van der Waals surface area (Å²) in [5, 5.41) is 5.62. The molecule has 1 saturated heterocycles. The summed E-state index contributed by atoms with van der Waals surface area (Å²) in [4.78, 5) is 47.5. The first-order valence-corrected chi connectivity index (χ1v) is 8.01. The number of benzene rings is 1. The van der Waals surface area contributed by atoms with Crippen LogP contribution in [-0.2, 0) is 19.2 Å². The molecule has 4 amide bonds. The predicted octanol–water partition coefficient (Wildman–Crippen LogP) is 2.17. The third kappa shape index (κ3) is 4.55. The zero-order chi connectivity index (χ0) is 17.7. The first-order valence-electron chi connectivity index (χ1n) is 7.63. The molecule has 1 aromatic carbocycles. The third-order valence-corrected chi connectivity index (χ3v) is 3.89. The average Bonchev–Trinajstić information content (AvgIpc) is 2.87. The summed E-state index contributed by atoms with van der Waals surface area (Å²) >= 11 is 6.04. The highest BCUT2D eigenvalue weighted by molar-refractivity contribution is 6.33. The first kappa shape index (κ1) is 17.9. The Morgan fingerprint density at radius 1 is 1.12 bits per heavy atom. The number of nitrogens with one attached hydrogen (secondary N) is 2. The number of hydrogen-bond donors (Lipinski definition) is 2. The van der Waals surface area contributed by atoms with Gasteiger partial charge in [-0.1, -0.05) is 18.5 Å². The van der Waals surface area contributed by atoms with Gasteiger partial charge in [0, 0.05) is 37.9 Å². The summed E-state index contributed by atoms with van der Waals surface area (Å²) in [6.07, 6.45) is 0.721. The molecular weight excluding hydrogens is 334 g/mol. The number of carbonyl (C=O) groups is 4. The van der Waals surface area contributed by atoms with Crippen LogP contribution in [0.3, 0.4) is 0 Å². The van der Waals surface area contributed by atoms with Crippen LogP contribution < -0.4 is 10.6 Å². The molecule has 1 fully saturated rings. The van der Waals surface area contributed by atoms with Crippen molar-refractivity contribution in [1.29, 1.82) is 0 Å². The van der Waals surface area contributed by atoms with Crippen molar-refractivity contribution in [2.75, 3.05) is 17.2 Å². The maximum atomic E-state index is 12.0. The van der Waals surface area contributed by atoms with Crippen molar-refractivity contribution >= 4 is 46.6 Å². The smallest absolute Gasteiger partial charge is 0.229 e. The monoisotopic (exact) mass is 351 g/mol. The molecule has 7 nitrogen and oxygen atoms in total. The highest BCUT2D eigenvalue weighted by Gasteiger charge is 2.28. The van der Waals surface area contributed by atoms with Crippen LogP contribution >= 0.6 is 11.6 Å². The van der Waals surface area contributed by atoms with Crippen LogP contribution in [0.15, 0.2) is 18.2 Å². The molecule has 1 aromatic rings. The number of imide groups is 1. The number of carbonyl (C=O) groups excluding carboxylic acids is 4. The van der Waals surface area contributed by atoms with E-state index in [9.17, 15) is 19.2 Å². The Kier molecular flexibility index (Phi) is 5.92. The van der Waals surface area contributed by atoms with Crippen LogP contribution in [-0.4, -0.2) is 35.1 Å². The minimum absolute atomic E-state index is 0.0145. The van der Waals surface area contributed by atoms with Gasteiger partial charge in [-0.2, -0.15) is 0 Å². The Bertz CT molecular complexity index is 674. The molecule has 0 aromatic heterocycles. The Hall–Kier alpha value is -2.41. The van der Waals surface area contributed by atoms with Crippen LogP contribution in [0.25, 0.3) is 0 Å². The zero-order valence-corrected chi connectivity index (χ0v) is 14.0. The largest absolute Gasteiger partial charge is 0.326 e. The molecular formula is C16H18ClN3O4. The van der Waals surface area contributed by atoms with Gasteiger partial charge in [0.25, 0.3) is 0 Å². The van der Waals surface area contributed by atoms with E-state index in [1.807, 2.05) is 0 Å². The van der Waals surface area contributed by atoms with Crippen molar-refractivity contribution < 1.29 is 19.2 Å². The minimum atomic E-state index is -0.372. The van der Waals surface area contributed by atoms with Gasteiger partial charge in [0.2, 0.25) is 23.6 Å². The molecule has 0 unspecified atom stereocenters. The standard InChI is InChI=1S/C16H18ClN3O4/c1-2-13(21)18-10-3-4-11(17)12(9-10)19-14(22)7-8-20-15(23)5-6-16(20)24/h3-4,9H,2,5-8H2,1H3,(H,18,21)(H,19,22). The first-order chi connectivity index (χ1) is 11.4. The van der Waals surface area contributed by atoms with Gasteiger partial charge < -0.3 is 10.6 Å². The van der Waals surface area contributed by atoms with Gasteiger partial charge in [0.15, 0.2) is 0 Å². The van der Waals surface area contributed by atoms with Crippen molar-refractivity contribution in [2.45, 2.75) is 32.6 Å². The molecule has 128 valence electrons. The number of likely N-dealkylation sites (tertiary alicyclic amines) is 1. The second kappa shape index (κ2) is 7.92. The summed E-state index contributed by atoms with van der Waals surface area (Å²) in [6.45, 7) is 1.78. The second-order valence-corrected chi connectivity index (χ2v) is 5.74. The Balaban J connectivity index is 1.95. The molecule has 1 heterocycles. The zero-order valence-electron chi connectivity index (χ0n) is 13.2. The van der Waals surface area contributed by atoms with E-state index in [-0.39, 0.29) is 49.4 Å². The SMILES string of the molecule is CCC(=O)Nc1ccc(Cl)c(NC(=O)CCN2C(=O)CCC2=O)c1. The lowest BCUT2D eigenvalue weighted by molar-refractivity contribution is -0.138. The lowest BCUT2D eigenvalue weighted by Gasteiger charge is -2.14. The Labute approximate surface area is 144 Å². The lowest BCUT2D eigenvalue weighted by atomic mass is 10.2. The molecule has 24 heavy (non-hydrogen) atoms. The van der Waals surface area contributed by atoms with Crippen LogP contribution in [0.5, 0.6) is 0 Å². The lowest BCUT2D eigenvalue weighted by Crippen LogP contribution is -2.32. The number of halogens is 1. The number of nitrogens with zero attached hydrogens (tertiary/aromatic N) is 1. The summed E-state index contributed by atoms with van der Waals surface area (Å²) in [6, 6.07) is 4.75. The summed E-state index contributed by atoms with van der Waals surface area (Å²) in [7, 11) is 0. The number of hydrogen-bond acceptors (Lipinski definition) is 4. The molecule has 2 N–H and O–H groups in total. The summed E-state index contributed by atoms with van der Waals surface area (Å²) in [5.41, 5.74) is 0.876. The fourth-order valence-electron chi connectivity index (χ4n) is 2.25. The molecule has 0 spiro atoms. The summed E-state index contributed by atoms with van der Waals surface area (Å²) in [5.74, 6) is -1.03. The van der Waals surface area contributed by atoms with E-state index >= 15 is 0 Å². The normalized spacial score (nSPS) is 14.0. The maximum Gasteiger partial charge on any atom is 0.229 e. The average molecular weight is 352 g/mol. The fraction of sp³-hybridized carbons (Fsp3) is 0.375. The van der Waals surface area contributed by atoms with Gasteiger partial charge in [-0.15, -0.1) is 0 Å². The minimum Gasteiger partial charge on any atom is -0.326 e. The van der Waals surface area contributed by atoms with Gasteiger partial charge in [0.1, 0.15) is 0 Å². The van der Waals surface area contributed by atoms with Crippen LogP contribution in [0.4, 0.5) is 11.4 Å². The molecule has 2 rings (SSSR count). The highest BCUT2D eigenvalue weighted by atomic mass is 35.5. The van der Waals surface area contributed by atoms with Crippen molar-refractivity contribution in [2.24, 2.45) is 0 Å². The Morgan fingerprint density at radius 3 is 2.42 bits per heavy atom. The molecule has 0 saturated carbocycles. The molecule has 0 bridgehead atoms. The second-order valence-electron chi connectivity index (χ2n) is 5.33. The fourth-order valence-corrected chi connectivity index (χ4v) is 2.41. The molecule has 1 aliphatic heterocycles. The van der Waals surface area contributed by atoms with Crippen molar-refractivity contribution in [3.8, 4) is 0 Å². The van der Waals surface area contributed by atoms with Gasteiger partial charge in [-0.05, 0) is 18.2 Å². The van der Waals surface area contributed by atoms with E-state index in [1.165, 1.54) is 0 Å². The van der Waals surface area contributed by atoms with Crippen LogP contribution in [0.2, 0.25) is 5.02 Å².